The molecule has 1 aliphatic rings. The van der Waals surface area contributed by atoms with Gasteiger partial charge in [0.1, 0.15) is 6.61 Å². The fourth-order valence-corrected chi connectivity index (χ4v) is 4.75. The van der Waals surface area contributed by atoms with Crippen LogP contribution in [0.1, 0.15) is 41.3 Å². The second kappa shape index (κ2) is 10.6. The molecule has 2 heterocycles. The molecule has 1 fully saturated rings. The molecule has 0 amide bonds. The quantitative estimate of drug-likeness (QED) is 0.345. The zero-order valence-corrected chi connectivity index (χ0v) is 18.5. The lowest BCUT2D eigenvalue weighted by Crippen LogP contribution is -2.40. The van der Waals surface area contributed by atoms with Gasteiger partial charge in [-0.2, -0.15) is 0 Å². The van der Waals surface area contributed by atoms with Gasteiger partial charge in [0.05, 0.1) is 18.8 Å². The maximum atomic E-state index is 12.0. The van der Waals surface area contributed by atoms with Gasteiger partial charge in [-0.1, -0.05) is 24.3 Å². The number of nitrogens with zero attached hydrogens (tertiary/aromatic N) is 1. The Kier molecular flexibility index (Phi) is 7.90. The van der Waals surface area contributed by atoms with Gasteiger partial charge in [0.15, 0.2) is 0 Å². The second-order valence-corrected chi connectivity index (χ2v) is 8.46. The Balaban J connectivity index is 1.63. The van der Waals surface area contributed by atoms with Crippen LogP contribution >= 0.6 is 11.3 Å². The van der Waals surface area contributed by atoms with Crippen LogP contribution in [0.3, 0.4) is 0 Å². The molecule has 0 saturated carbocycles. The average Bonchev–Trinajstić information content (AvgIpc) is 3.15. The van der Waals surface area contributed by atoms with E-state index in [1.54, 1.807) is 11.3 Å². The van der Waals surface area contributed by atoms with Crippen LogP contribution in [0.2, 0.25) is 0 Å². The number of hydrogen-bond acceptors (Lipinski definition) is 5. The first kappa shape index (κ1) is 21.6. The zero-order valence-electron chi connectivity index (χ0n) is 17.6. The molecule has 1 saturated heterocycles. The summed E-state index contributed by atoms with van der Waals surface area (Å²) in [4.78, 5) is 15.6. The van der Waals surface area contributed by atoms with Gasteiger partial charge in [-0.25, -0.2) is 0 Å². The number of rotatable bonds is 8. The second-order valence-electron chi connectivity index (χ2n) is 7.54. The first-order valence-electron chi connectivity index (χ1n) is 10.4. The minimum Gasteiger partial charge on any atom is -0.499 e. The van der Waals surface area contributed by atoms with Gasteiger partial charge in [0.2, 0.25) is 0 Å². The molecule has 1 aliphatic heterocycles. The summed E-state index contributed by atoms with van der Waals surface area (Å²) in [6.07, 6.45) is 3.86. The number of esters is 1. The SMILES string of the molecule is CCOC(=O)[C@@H]1CCCN(CCOC=C(c2ccccc2C)c2sccc2C)C1. The topological polar surface area (TPSA) is 38.8 Å². The lowest BCUT2D eigenvalue weighted by Gasteiger charge is -2.31. The molecule has 0 spiro atoms. The molecule has 0 aliphatic carbocycles. The predicted molar refractivity (Wildman–Crippen MR) is 119 cm³/mol. The van der Waals surface area contributed by atoms with Gasteiger partial charge in [0, 0.05) is 23.5 Å². The third kappa shape index (κ3) is 5.71. The Bertz CT molecular complexity index is 842. The fraction of sp³-hybridized carbons (Fsp3) is 0.458. The highest BCUT2D eigenvalue weighted by molar-refractivity contribution is 7.11. The van der Waals surface area contributed by atoms with Gasteiger partial charge < -0.3 is 9.47 Å². The third-order valence-corrected chi connectivity index (χ3v) is 6.44. The van der Waals surface area contributed by atoms with E-state index >= 15 is 0 Å². The van der Waals surface area contributed by atoms with Gasteiger partial charge in [0.25, 0.3) is 0 Å². The lowest BCUT2D eigenvalue weighted by molar-refractivity contribution is -0.150. The van der Waals surface area contributed by atoms with Crippen LogP contribution in [0.5, 0.6) is 0 Å². The molecule has 156 valence electrons. The molecule has 1 atom stereocenters. The Labute approximate surface area is 178 Å². The highest BCUT2D eigenvalue weighted by Gasteiger charge is 2.26. The van der Waals surface area contributed by atoms with Crippen molar-refractivity contribution in [3.8, 4) is 0 Å². The van der Waals surface area contributed by atoms with Crippen molar-refractivity contribution in [3.05, 3.63) is 63.5 Å². The summed E-state index contributed by atoms with van der Waals surface area (Å²) in [7, 11) is 0. The van der Waals surface area contributed by atoms with Crippen LogP contribution in [0, 0.1) is 19.8 Å². The summed E-state index contributed by atoms with van der Waals surface area (Å²) in [5.41, 5.74) is 4.85. The van der Waals surface area contributed by atoms with Crippen molar-refractivity contribution in [2.24, 2.45) is 5.92 Å². The summed E-state index contributed by atoms with van der Waals surface area (Å²) in [5, 5.41) is 2.13. The Morgan fingerprint density at radius 1 is 1.24 bits per heavy atom. The van der Waals surface area contributed by atoms with E-state index in [0.29, 0.717) is 13.2 Å². The van der Waals surface area contributed by atoms with Crippen LogP contribution in [0.25, 0.3) is 5.57 Å². The monoisotopic (exact) mass is 413 g/mol. The van der Waals surface area contributed by atoms with Crippen molar-refractivity contribution in [3.63, 3.8) is 0 Å². The fourth-order valence-electron chi connectivity index (χ4n) is 3.80. The smallest absolute Gasteiger partial charge is 0.310 e. The molecule has 0 unspecified atom stereocenters. The van der Waals surface area contributed by atoms with Crippen molar-refractivity contribution < 1.29 is 14.3 Å². The number of benzene rings is 1. The first-order chi connectivity index (χ1) is 14.1. The minimum absolute atomic E-state index is 0.00413. The normalized spacial score (nSPS) is 17.9. The number of carbonyl (C=O) groups is 1. The molecular formula is C24H31NO3S. The molecule has 0 bridgehead atoms. The van der Waals surface area contributed by atoms with E-state index in [1.165, 1.54) is 21.6 Å². The summed E-state index contributed by atoms with van der Waals surface area (Å²) >= 11 is 1.75. The summed E-state index contributed by atoms with van der Waals surface area (Å²) in [6, 6.07) is 10.6. The van der Waals surface area contributed by atoms with E-state index in [2.05, 4.69) is 54.5 Å². The number of hydrogen-bond donors (Lipinski definition) is 0. The van der Waals surface area contributed by atoms with Crippen LogP contribution in [0.15, 0.2) is 42.0 Å². The van der Waals surface area contributed by atoms with Crippen LogP contribution in [-0.2, 0) is 14.3 Å². The Hall–Kier alpha value is -2.11. The largest absolute Gasteiger partial charge is 0.499 e. The summed E-state index contributed by atoms with van der Waals surface area (Å²) in [5.74, 6) is -0.0661. The van der Waals surface area contributed by atoms with E-state index in [-0.39, 0.29) is 11.9 Å². The Morgan fingerprint density at radius 3 is 2.79 bits per heavy atom. The first-order valence-corrected chi connectivity index (χ1v) is 11.3. The maximum absolute atomic E-state index is 12.0. The van der Waals surface area contributed by atoms with Crippen molar-refractivity contribution in [1.82, 2.24) is 4.90 Å². The molecule has 3 rings (SSSR count). The number of piperidine rings is 1. The average molecular weight is 414 g/mol. The predicted octanol–water partition coefficient (Wildman–Crippen LogP) is 5.05. The van der Waals surface area contributed by atoms with Crippen LogP contribution in [-0.4, -0.2) is 43.7 Å². The van der Waals surface area contributed by atoms with E-state index in [1.807, 2.05) is 13.2 Å². The van der Waals surface area contributed by atoms with Gasteiger partial charge in [-0.3, -0.25) is 9.69 Å². The summed E-state index contributed by atoms with van der Waals surface area (Å²) in [6.45, 7) is 9.79. The van der Waals surface area contributed by atoms with Crippen molar-refractivity contribution >= 4 is 22.9 Å². The van der Waals surface area contributed by atoms with Crippen LogP contribution in [0.4, 0.5) is 0 Å². The van der Waals surface area contributed by atoms with Crippen molar-refractivity contribution in [2.75, 3.05) is 32.8 Å². The van der Waals surface area contributed by atoms with Crippen molar-refractivity contribution in [2.45, 2.75) is 33.6 Å². The molecule has 1 aromatic heterocycles. The molecule has 0 N–H and O–H groups in total. The highest BCUT2D eigenvalue weighted by Crippen LogP contribution is 2.32. The number of thiophene rings is 1. The maximum Gasteiger partial charge on any atom is 0.310 e. The molecule has 0 radical (unpaired) electrons. The molecule has 2 aromatic rings. The van der Waals surface area contributed by atoms with Gasteiger partial charge in [-0.05, 0) is 68.3 Å². The molecule has 1 aromatic carbocycles. The number of likely N-dealkylation sites (tertiary alicyclic amines) is 1. The molecule has 29 heavy (non-hydrogen) atoms. The Morgan fingerprint density at radius 2 is 2.07 bits per heavy atom. The standard InChI is InChI=1S/C24H31NO3S/c1-4-28-24(26)20-9-7-12-25(16-20)13-14-27-17-22(23-19(3)11-15-29-23)21-10-6-5-8-18(21)2/h5-6,8,10-11,15,17,20H,4,7,9,12-14,16H2,1-3H3/t20-/m1/s1. The van der Waals surface area contributed by atoms with Gasteiger partial charge >= 0.3 is 5.97 Å². The number of carbonyl (C=O) groups excluding carboxylic acids is 1. The highest BCUT2D eigenvalue weighted by atomic mass is 32.1. The molecule has 5 heteroatoms. The minimum atomic E-state index is -0.0620. The van der Waals surface area contributed by atoms with Crippen molar-refractivity contribution in [1.29, 1.82) is 0 Å². The van der Waals surface area contributed by atoms with Gasteiger partial charge in [-0.15, -0.1) is 11.3 Å². The molecule has 4 nitrogen and oxygen atoms in total. The van der Waals surface area contributed by atoms with Crippen LogP contribution < -0.4 is 0 Å². The van der Waals surface area contributed by atoms with E-state index in [0.717, 1.165) is 38.0 Å². The zero-order chi connectivity index (χ0) is 20.6. The summed E-state index contributed by atoms with van der Waals surface area (Å²) < 4.78 is 11.2. The lowest BCUT2D eigenvalue weighted by atomic mass is 9.98. The van der Waals surface area contributed by atoms with E-state index < -0.39 is 0 Å². The van der Waals surface area contributed by atoms with E-state index in [9.17, 15) is 4.79 Å². The number of aryl methyl sites for hydroxylation is 2. The third-order valence-electron chi connectivity index (χ3n) is 5.39. The molecular weight excluding hydrogens is 382 g/mol. The number of ether oxygens (including phenoxy) is 2. The van der Waals surface area contributed by atoms with E-state index in [4.69, 9.17) is 9.47 Å².